The van der Waals surface area contributed by atoms with Crippen LogP contribution in [0.3, 0.4) is 0 Å². The minimum Gasteiger partial charge on any atom is -0.444 e. The quantitative estimate of drug-likeness (QED) is 0.582. The molecule has 0 atom stereocenters. The number of aromatic amines is 1. The standard InChI is InChI=1S/C19H27N5O2/c1-19(2,3)26-18(25)24-11-15(12-24)23-17(20-4)21-10-14-9-13-7-5-6-8-16(13)22-14/h5-9,15,22H,10-12H2,1-4H3,(H2,20,21,23). The predicted molar refractivity (Wildman–Crippen MR) is 103 cm³/mol. The molecule has 2 heterocycles. The number of aliphatic imine (C=N–C) groups is 1. The molecule has 0 spiro atoms. The van der Waals surface area contributed by atoms with Crippen molar-refractivity contribution in [3.63, 3.8) is 0 Å². The fourth-order valence-electron chi connectivity index (χ4n) is 2.84. The number of para-hydroxylation sites is 1. The summed E-state index contributed by atoms with van der Waals surface area (Å²) in [6.07, 6.45) is -0.267. The van der Waals surface area contributed by atoms with Gasteiger partial charge in [0.05, 0.1) is 12.6 Å². The van der Waals surface area contributed by atoms with Gasteiger partial charge in [-0.2, -0.15) is 0 Å². The Kier molecular flexibility index (Phi) is 5.06. The highest BCUT2D eigenvalue weighted by molar-refractivity contribution is 5.82. The van der Waals surface area contributed by atoms with Crippen LogP contribution in [0.15, 0.2) is 35.3 Å². The average molecular weight is 357 g/mol. The molecule has 1 saturated heterocycles. The molecule has 1 aromatic heterocycles. The van der Waals surface area contributed by atoms with E-state index < -0.39 is 5.60 Å². The first-order valence-electron chi connectivity index (χ1n) is 8.86. The van der Waals surface area contributed by atoms with Gasteiger partial charge in [0, 0.05) is 31.3 Å². The second-order valence-electron chi connectivity index (χ2n) is 7.53. The van der Waals surface area contributed by atoms with Crippen molar-refractivity contribution in [2.75, 3.05) is 20.1 Å². The minimum atomic E-state index is -0.466. The molecule has 1 aliphatic rings. The number of nitrogens with one attached hydrogen (secondary N) is 3. The summed E-state index contributed by atoms with van der Waals surface area (Å²) < 4.78 is 5.36. The fraction of sp³-hybridized carbons (Fsp3) is 0.474. The first-order valence-corrected chi connectivity index (χ1v) is 8.86. The number of ether oxygens (including phenoxy) is 1. The Morgan fingerprint density at radius 1 is 1.35 bits per heavy atom. The number of guanidine groups is 1. The van der Waals surface area contributed by atoms with Gasteiger partial charge in [-0.1, -0.05) is 18.2 Å². The lowest BCUT2D eigenvalue weighted by atomic mass is 10.1. The van der Waals surface area contributed by atoms with Crippen LogP contribution < -0.4 is 10.6 Å². The maximum absolute atomic E-state index is 12.0. The SMILES string of the molecule is CN=C(NCc1cc2ccccc2[nH]1)NC1CN(C(=O)OC(C)(C)C)C1. The molecule has 1 aromatic carbocycles. The summed E-state index contributed by atoms with van der Waals surface area (Å²) in [5.74, 6) is 0.720. The van der Waals surface area contributed by atoms with Crippen LogP contribution in [0, 0.1) is 0 Å². The molecule has 0 aliphatic carbocycles. The van der Waals surface area contributed by atoms with Gasteiger partial charge in [-0.15, -0.1) is 0 Å². The summed E-state index contributed by atoms with van der Waals surface area (Å²) in [6, 6.07) is 10.5. The molecule has 0 unspecified atom stereocenters. The van der Waals surface area contributed by atoms with Crippen molar-refractivity contribution in [1.82, 2.24) is 20.5 Å². The maximum atomic E-state index is 12.0. The summed E-state index contributed by atoms with van der Waals surface area (Å²) in [7, 11) is 1.74. The number of carbonyl (C=O) groups is 1. The minimum absolute atomic E-state index is 0.177. The zero-order valence-corrected chi connectivity index (χ0v) is 15.8. The van der Waals surface area contributed by atoms with Crippen molar-refractivity contribution in [3.05, 3.63) is 36.0 Å². The van der Waals surface area contributed by atoms with Gasteiger partial charge in [-0.05, 0) is 38.3 Å². The van der Waals surface area contributed by atoms with Crippen LogP contribution in [-0.2, 0) is 11.3 Å². The summed E-state index contributed by atoms with van der Waals surface area (Å²) >= 11 is 0. The van der Waals surface area contributed by atoms with E-state index in [0.29, 0.717) is 19.6 Å². The fourth-order valence-corrected chi connectivity index (χ4v) is 2.84. The highest BCUT2D eigenvalue weighted by Crippen LogP contribution is 2.16. The van der Waals surface area contributed by atoms with Crippen LogP contribution in [0.2, 0.25) is 0 Å². The van der Waals surface area contributed by atoms with E-state index in [2.05, 4.69) is 38.8 Å². The van der Waals surface area contributed by atoms with E-state index in [1.807, 2.05) is 32.9 Å². The molecular weight excluding hydrogens is 330 g/mol. The van der Waals surface area contributed by atoms with E-state index >= 15 is 0 Å². The Hall–Kier alpha value is -2.70. The smallest absolute Gasteiger partial charge is 0.410 e. The molecule has 3 rings (SSSR count). The van der Waals surface area contributed by atoms with E-state index in [1.54, 1.807) is 11.9 Å². The van der Waals surface area contributed by atoms with Gasteiger partial charge in [0.25, 0.3) is 0 Å². The largest absolute Gasteiger partial charge is 0.444 e. The van der Waals surface area contributed by atoms with E-state index in [9.17, 15) is 4.79 Å². The zero-order valence-electron chi connectivity index (χ0n) is 15.8. The molecule has 3 N–H and O–H groups in total. The second kappa shape index (κ2) is 7.27. The molecule has 1 fully saturated rings. The molecule has 0 bridgehead atoms. The average Bonchev–Trinajstić information content (AvgIpc) is 2.94. The number of hydrogen-bond donors (Lipinski definition) is 3. The van der Waals surface area contributed by atoms with E-state index in [4.69, 9.17) is 4.74 Å². The third kappa shape index (κ3) is 4.47. The lowest BCUT2D eigenvalue weighted by Gasteiger charge is -2.40. The van der Waals surface area contributed by atoms with Crippen LogP contribution in [0.25, 0.3) is 10.9 Å². The van der Waals surface area contributed by atoms with Gasteiger partial charge in [-0.25, -0.2) is 4.79 Å². The van der Waals surface area contributed by atoms with Crippen LogP contribution in [-0.4, -0.2) is 53.7 Å². The number of fused-ring (bicyclic) bond motifs is 1. The third-order valence-electron chi connectivity index (χ3n) is 4.13. The number of likely N-dealkylation sites (tertiary alicyclic amines) is 1. The molecule has 1 amide bonds. The molecular formula is C19H27N5O2. The Morgan fingerprint density at radius 2 is 2.08 bits per heavy atom. The highest BCUT2D eigenvalue weighted by atomic mass is 16.6. The van der Waals surface area contributed by atoms with Crippen LogP contribution in [0.4, 0.5) is 4.79 Å². The van der Waals surface area contributed by atoms with Crippen molar-refractivity contribution in [2.24, 2.45) is 4.99 Å². The van der Waals surface area contributed by atoms with Crippen LogP contribution in [0.5, 0.6) is 0 Å². The molecule has 1 aliphatic heterocycles. The van der Waals surface area contributed by atoms with E-state index in [-0.39, 0.29) is 12.1 Å². The number of hydrogen-bond acceptors (Lipinski definition) is 3. The summed E-state index contributed by atoms with van der Waals surface area (Å²) in [5, 5.41) is 7.83. The number of benzene rings is 1. The summed E-state index contributed by atoms with van der Waals surface area (Å²) in [4.78, 5) is 21.3. The van der Waals surface area contributed by atoms with Crippen molar-refractivity contribution < 1.29 is 9.53 Å². The summed E-state index contributed by atoms with van der Waals surface area (Å²) in [6.45, 7) is 7.49. The van der Waals surface area contributed by atoms with Crippen molar-refractivity contribution in [2.45, 2.75) is 39.0 Å². The van der Waals surface area contributed by atoms with Gasteiger partial charge in [0.1, 0.15) is 5.60 Å². The lowest BCUT2D eigenvalue weighted by molar-refractivity contribution is 0.00701. The van der Waals surface area contributed by atoms with Crippen molar-refractivity contribution in [1.29, 1.82) is 0 Å². The predicted octanol–water partition coefficient (Wildman–Crippen LogP) is 2.45. The van der Waals surface area contributed by atoms with Gasteiger partial charge >= 0.3 is 6.09 Å². The molecule has 26 heavy (non-hydrogen) atoms. The molecule has 7 heteroatoms. The highest BCUT2D eigenvalue weighted by Gasteiger charge is 2.34. The Morgan fingerprint density at radius 3 is 2.73 bits per heavy atom. The van der Waals surface area contributed by atoms with E-state index in [1.165, 1.54) is 5.39 Å². The number of aromatic nitrogens is 1. The van der Waals surface area contributed by atoms with Crippen LogP contribution >= 0.6 is 0 Å². The number of rotatable bonds is 3. The number of H-pyrrole nitrogens is 1. The van der Waals surface area contributed by atoms with Crippen molar-refractivity contribution in [3.8, 4) is 0 Å². The normalized spacial score (nSPS) is 15.7. The van der Waals surface area contributed by atoms with Crippen LogP contribution in [0.1, 0.15) is 26.5 Å². The topological polar surface area (TPSA) is 81.8 Å². The molecule has 140 valence electrons. The summed E-state index contributed by atoms with van der Waals surface area (Å²) in [5.41, 5.74) is 1.75. The van der Waals surface area contributed by atoms with Gasteiger partial charge in [0.2, 0.25) is 0 Å². The Labute approximate surface area is 153 Å². The zero-order chi connectivity index (χ0) is 18.7. The first-order chi connectivity index (χ1) is 12.3. The number of nitrogens with zero attached hydrogens (tertiary/aromatic N) is 2. The first kappa shape index (κ1) is 18.1. The lowest BCUT2D eigenvalue weighted by Crippen LogP contribution is -2.63. The van der Waals surface area contributed by atoms with Gasteiger partial charge in [0.15, 0.2) is 5.96 Å². The number of carbonyl (C=O) groups excluding carboxylic acids is 1. The second-order valence-corrected chi connectivity index (χ2v) is 7.53. The number of amides is 1. The maximum Gasteiger partial charge on any atom is 0.410 e. The molecule has 0 saturated carbocycles. The molecule has 2 aromatic rings. The molecule has 7 nitrogen and oxygen atoms in total. The van der Waals surface area contributed by atoms with Gasteiger partial charge < -0.3 is 25.3 Å². The Bertz CT molecular complexity index is 767. The van der Waals surface area contributed by atoms with Crippen molar-refractivity contribution >= 4 is 23.0 Å². The van der Waals surface area contributed by atoms with E-state index in [0.717, 1.165) is 17.2 Å². The third-order valence-corrected chi connectivity index (χ3v) is 4.13. The Balaban J connectivity index is 1.45. The monoisotopic (exact) mass is 357 g/mol. The van der Waals surface area contributed by atoms with Gasteiger partial charge in [-0.3, -0.25) is 4.99 Å². The molecule has 0 radical (unpaired) electrons.